The van der Waals surface area contributed by atoms with Crippen LogP contribution in [0, 0.1) is 22.9 Å². The van der Waals surface area contributed by atoms with Crippen LogP contribution >= 0.6 is 0 Å². The average Bonchev–Trinajstić information content (AvgIpc) is 2.31. The molecule has 1 saturated carbocycles. The minimum Gasteiger partial charge on any atom is -0.330 e. The standard InChI is InChI=1S/C13H15F3N2O/c14-8-4-10(16)11(5-9(8)15)18-12(19)6-13(7-17)2-1-3-13/h4-5H,1-3,6-7,17H2,(H,18,19). The summed E-state index contributed by atoms with van der Waals surface area (Å²) >= 11 is 0. The van der Waals surface area contributed by atoms with E-state index in [1.165, 1.54) is 0 Å². The first-order valence-corrected chi connectivity index (χ1v) is 6.10. The fraction of sp³-hybridized carbons (Fsp3) is 0.462. The maximum absolute atomic E-state index is 13.4. The Bertz CT molecular complexity index is 495. The molecule has 104 valence electrons. The quantitative estimate of drug-likeness (QED) is 0.828. The van der Waals surface area contributed by atoms with E-state index in [2.05, 4.69) is 5.32 Å². The fourth-order valence-corrected chi connectivity index (χ4v) is 2.28. The van der Waals surface area contributed by atoms with E-state index in [1.54, 1.807) is 0 Å². The molecule has 0 spiro atoms. The number of benzene rings is 1. The molecule has 0 aromatic heterocycles. The lowest BCUT2D eigenvalue weighted by Gasteiger charge is -2.40. The van der Waals surface area contributed by atoms with Gasteiger partial charge < -0.3 is 11.1 Å². The number of rotatable bonds is 4. The normalized spacial score (nSPS) is 16.8. The lowest BCUT2D eigenvalue weighted by Crippen LogP contribution is -2.40. The molecule has 0 bridgehead atoms. The zero-order valence-corrected chi connectivity index (χ0v) is 10.3. The van der Waals surface area contributed by atoms with Gasteiger partial charge in [-0.05, 0) is 24.8 Å². The number of nitrogens with two attached hydrogens (primary N) is 1. The van der Waals surface area contributed by atoms with Gasteiger partial charge in [-0.3, -0.25) is 4.79 Å². The molecule has 0 atom stereocenters. The number of carbonyl (C=O) groups excluding carboxylic acids is 1. The SMILES string of the molecule is NCC1(CC(=O)Nc2cc(F)c(F)cc2F)CCC1. The van der Waals surface area contributed by atoms with Crippen molar-refractivity contribution < 1.29 is 18.0 Å². The molecule has 0 saturated heterocycles. The molecule has 0 radical (unpaired) electrons. The van der Waals surface area contributed by atoms with Gasteiger partial charge in [0, 0.05) is 18.6 Å². The molecule has 19 heavy (non-hydrogen) atoms. The monoisotopic (exact) mass is 272 g/mol. The molecular formula is C13H15F3N2O. The summed E-state index contributed by atoms with van der Waals surface area (Å²) in [7, 11) is 0. The largest absolute Gasteiger partial charge is 0.330 e. The van der Waals surface area contributed by atoms with Gasteiger partial charge in [0.2, 0.25) is 5.91 Å². The van der Waals surface area contributed by atoms with Gasteiger partial charge in [-0.15, -0.1) is 0 Å². The lowest BCUT2D eigenvalue weighted by atomic mass is 9.66. The smallest absolute Gasteiger partial charge is 0.225 e. The van der Waals surface area contributed by atoms with Gasteiger partial charge in [-0.1, -0.05) is 6.42 Å². The topological polar surface area (TPSA) is 55.1 Å². The Labute approximate surface area is 109 Å². The Hall–Kier alpha value is -1.56. The van der Waals surface area contributed by atoms with Crippen LogP contribution in [-0.2, 0) is 4.79 Å². The molecule has 3 nitrogen and oxygen atoms in total. The van der Waals surface area contributed by atoms with Crippen LogP contribution in [0.2, 0.25) is 0 Å². The minimum absolute atomic E-state index is 0.169. The Balaban J connectivity index is 2.05. The number of halogens is 3. The number of carbonyl (C=O) groups is 1. The highest BCUT2D eigenvalue weighted by molar-refractivity contribution is 5.91. The molecule has 1 fully saturated rings. The van der Waals surface area contributed by atoms with Crippen molar-refractivity contribution in [3.05, 3.63) is 29.6 Å². The van der Waals surface area contributed by atoms with Crippen LogP contribution in [0.3, 0.4) is 0 Å². The summed E-state index contributed by atoms with van der Waals surface area (Å²) in [5, 5.41) is 2.26. The van der Waals surface area contributed by atoms with Crippen LogP contribution in [-0.4, -0.2) is 12.5 Å². The van der Waals surface area contributed by atoms with E-state index in [0.717, 1.165) is 19.3 Å². The number of nitrogens with one attached hydrogen (secondary N) is 1. The van der Waals surface area contributed by atoms with Gasteiger partial charge in [0.25, 0.3) is 0 Å². The summed E-state index contributed by atoms with van der Waals surface area (Å²) in [4.78, 5) is 11.8. The predicted molar refractivity (Wildman–Crippen MR) is 64.9 cm³/mol. The zero-order chi connectivity index (χ0) is 14.0. The Morgan fingerprint density at radius 2 is 1.84 bits per heavy atom. The van der Waals surface area contributed by atoms with E-state index in [1.807, 2.05) is 0 Å². The van der Waals surface area contributed by atoms with Crippen molar-refractivity contribution in [2.45, 2.75) is 25.7 Å². The third-order valence-electron chi connectivity index (χ3n) is 3.67. The Morgan fingerprint density at radius 3 is 2.37 bits per heavy atom. The summed E-state index contributed by atoms with van der Waals surface area (Å²) in [6.45, 7) is 0.390. The Kier molecular flexibility index (Phi) is 3.80. The molecule has 6 heteroatoms. The minimum atomic E-state index is -1.28. The van der Waals surface area contributed by atoms with Crippen molar-refractivity contribution in [2.75, 3.05) is 11.9 Å². The van der Waals surface area contributed by atoms with Gasteiger partial charge in [0.05, 0.1) is 5.69 Å². The van der Waals surface area contributed by atoms with Crippen LogP contribution in [0.1, 0.15) is 25.7 Å². The molecule has 0 heterocycles. The van der Waals surface area contributed by atoms with E-state index >= 15 is 0 Å². The summed E-state index contributed by atoms with van der Waals surface area (Å²) < 4.78 is 39.1. The number of anilines is 1. The third-order valence-corrected chi connectivity index (χ3v) is 3.67. The molecule has 1 amide bonds. The van der Waals surface area contributed by atoms with Crippen LogP contribution in [0.5, 0.6) is 0 Å². The maximum Gasteiger partial charge on any atom is 0.225 e. The average molecular weight is 272 g/mol. The zero-order valence-electron chi connectivity index (χ0n) is 10.3. The highest BCUT2D eigenvalue weighted by Gasteiger charge is 2.37. The van der Waals surface area contributed by atoms with Crippen LogP contribution in [0.25, 0.3) is 0 Å². The second-order valence-electron chi connectivity index (χ2n) is 5.03. The molecule has 1 aromatic carbocycles. The molecule has 3 N–H and O–H groups in total. The first-order valence-electron chi connectivity index (χ1n) is 6.10. The van der Waals surface area contributed by atoms with Crippen LogP contribution < -0.4 is 11.1 Å². The van der Waals surface area contributed by atoms with Crippen LogP contribution in [0.4, 0.5) is 18.9 Å². The first kappa shape index (κ1) is 13.9. The highest BCUT2D eigenvalue weighted by atomic mass is 19.2. The van der Waals surface area contributed by atoms with E-state index in [9.17, 15) is 18.0 Å². The van der Waals surface area contributed by atoms with Crippen molar-refractivity contribution in [1.82, 2.24) is 0 Å². The van der Waals surface area contributed by atoms with Gasteiger partial charge in [0.15, 0.2) is 11.6 Å². The van der Waals surface area contributed by atoms with Crippen molar-refractivity contribution in [2.24, 2.45) is 11.1 Å². The third kappa shape index (κ3) is 2.89. The van der Waals surface area contributed by atoms with Crippen molar-refractivity contribution in [3.63, 3.8) is 0 Å². The van der Waals surface area contributed by atoms with E-state index in [4.69, 9.17) is 5.73 Å². The molecule has 0 unspecified atom stereocenters. The number of amides is 1. The lowest BCUT2D eigenvalue weighted by molar-refractivity contribution is -0.119. The van der Waals surface area contributed by atoms with Crippen molar-refractivity contribution in [3.8, 4) is 0 Å². The molecule has 2 rings (SSSR count). The van der Waals surface area contributed by atoms with Gasteiger partial charge >= 0.3 is 0 Å². The summed E-state index contributed by atoms with van der Waals surface area (Å²) in [6, 6.07) is 1.05. The van der Waals surface area contributed by atoms with E-state index in [0.29, 0.717) is 18.7 Å². The molecular weight excluding hydrogens is 257 g/mol. The number of hydrogen-bond donors (Lipinski definition) is 2. The second kappa shape index (κ2) is 5.21. The fourth-order valence-electron chi connectivity index (χ4n) is 2.28. The molecule has 1 aliphatic carbocycles. The maximum atomic E-state index is 13.4. The molecule has 1 aliphatic rings. The van der Waals surface area contributed by atoms with Gasteiger partial charge in [-0.2, -0.15) is 0 Å². The number of hydrogen-bond acceptors (Lipinski definition) is 2. The first-order chi connectivity index (χ1) is 8.96. The summed E-state index contributed by atoms with van der Waals surface area (Å²) in [6.07, 6.45) is 2.90. The Morgan fingerprint density at radius 1 is 1.21 bits per heavy atom. The summed E-state index contributed by atoms with van der Waals surface area (Å²) in [5.74, 6) is -3.92. The van der Waals surface area contributed by atoms with E-state index < -0.39 is 23.4 Å². The van der Waals surface area contributed by atoms with Gasteiger partial charge in [-0.25, -0.2) is 13.2 Å². The van der Waals surface area contributed by atoms with E-state index in [-0.39, 0.29) is 17.5 Å². The van der Waals surface area contributed by atoms with Gasteiger partial charge in [0.1, 0.15) is 5.82 Å². The predicted octanol–water partition coefficient (Wildman–Crippen LogP) is 2.56. The highest BCUT2D eigenvalue weighted by Crippen LogP contribution is 2.43. The van der Waals surface area contributed by atoms with Crippen LogP contribution in [0.15, 0.2) is 12.1 Å². The summed E-state index contributed by atoms with van der Waals surface area (Å²) in [5.41, 5.74) is 5.05. The molecule has 0 aliphatic heterocycles. The molecule has 1 aromatic rings. The second-order valence-corrected chi connectivity index (χ2v) is 5.03. The van der Waals surface area contributed by atoms with Crippen molar-refractivity contribution >= 4 is 11.6 Å². The van der Waals surface area contributed by atoms with Crippen molar-refractivity contribution in [1.29, 1.82) is 0 Å².